The number of benzene rings is 4. The van der Waals surface area contributed by atoms with Gasteiger partial charge in [-0.1, -0.05) is 60.6 Å². The van der Waals surface area contributed by atoms with Crippen molar-refractivity contribution in [2.75, 3.05) is 39.1 Å². The second-order valence-electron chi connectivity index (χ2n) is 15.2. The highest BCUT2D eigenvalue weighted by Gasteiger charge is 2.20. The van der Waals surface area contributed by atoms with Crippen LogP contribution in [0.25, 0.3) is 44.3 Å². The highest BCUT2D eigenvalue weighted by atomic mass is 35.5. The molecule has 0 fully saturated rings. The SMILES string of the molecule is C=CC(=O)Nc1cccc(C)c1Cc1ncc2cc(-c3c(Cl)c(OC)cc(OC)c3Cl)cnc2n1.C=CC(=O)Nc1cccc(C)c1Cc1ncc2cc(-c3cc(OC)cc(OC)c3)cnc2n1. The zero-order chi connectivity index (χ0) is 48.5. The number of pyridine rings is 2. The largest absolute Gasteiger partial charge is 0.497 e. The fourth-order valence-electron chi connectivity index (χ4n) is 7.29. The second-order valence-corrected chi connectivity index (χ2v) is 15.9. The van der Waals surface area contributed by atoms with Crippen molar-refractivity contribution in [3.05, 3.63) is 167 Å². The van der Waals surface area contributed by atoms with E-state index < -0.39 is 0 Å². The molecule has 0 bridgehead atoms. The predicted octanol–water partition coefficient (Wildman–Crippen LogP) is 10.8. The quantitative estimate of drug-likeness (QED) is 0.0990. The molecule has 4 aromatic heterocycles. The molecule has 0 aliphatic rings. The van der Waals surface area contributed by atoms with E-state index in [9.17, 15) is 9.59 Å². The first kappa shape index (κ1) is 48.0. The van der Waals surface area contributed by atoms with Gasteiger partial charge in [-0.25, -0.2) is 29.9 Å². The number of hydrogen-bond acceptors (Lipinski definition) is 12. The van der Waals surface area contributed by atoms with Crippen LogP contribution in [0, 0.1) is 13.8 Å². The van der Waals surface area contributed by atoms with Crippen molar-refractivity contribution < 1.29 is 28.5 Å². The van der Waals surface area contributed by atoms with Crippen molar-refractivity contribution in [1.29, 1.82) is 0 Å². The summed E-state index contributed by atoms with van der Waals surface area (Å²) in [5, 5.41) is 7.93. The van der Waals surface area contributed by atoms with E-state index in [4.69, 9.17) is 42.1 Å². The summed E-state index contributed by atoms with van der Waals surface area (Å²) in [6.45, 7) is 11.0. The highest BCUT2D eigenvalue weighted by Crippen LogP contribution is 2.46. The van der Waals surface area contributed by atoms with E-state index >= 15 is 0 Å². The van der Waals surface area contributed by atoms with E-state index in [1.54, 1.807) is 45.1 Å². The lowest BCUT2D eigenvalue weighted by Crippen LogP contribution is -2.11. The molecule has 0 saturated carbocycles. The van der Waals surface area contributed by atoms with Gasteiger partial charge in [0, 0.05) is 88.6 Å². The summed E-state index contributed by atoms with van der Waals surface area (Å²) in [7, 11) is 6.29. The molecule has 14 nitrogen and oxygen atoms in total. The number of fused-ring (bicyclic) bond motifs is 2. The summed E-state index contributed by atoms with van der Waals surface area (Å²) in [6, 6.07) is 22.6. The number of aryl methyl sites for hydroxylation is 2. The molecule has 2 amide bonds. The number of nitrogens with zero attached hydrogens (tertiary/aromatic N) is 6. The molecule has 16 heteroatoms. The Morgan fingerprint density at radius 1 is 0.574 bits per heavy atom. The highest BCUT2D eigenvalue weighted by molar-refractivity contribution is 6.41. The Balaban J connectivity index is 0.000000202. The van der Waals surface area contributed by atoms with Crippen LogP contribution in [0.15, 0.2) is 123 Å². The number of ether oxygens (including phenoxy) is 4. The minimum Gasteiger partial charge on any atom is -0.497 e. The maximum atomic E-state index is 11.8. The first-order valence-corrected chi connectivity index (χ1v) is 21.7. The van der Waals surface area contributed by atoms with Gasteiger partial charge in [0.05, 0.1) is 38.5 Å². The summed E-state index contributed by atoms with van der Waals surface area (Å²) in [6.07, 6.45) is 10.3. The van der Waals surface area contributed by atoms with Crippen molar-refractivity contribution in [3.63, 3.8) is 0 Å². The second kappa shape index (κ2) is 21.6. The van der Waals surface area contributed by atoms with Crippen LogP contribution in [0.3, 0.4) is 0 Å². The lowest BCUT2D eigenvalue weighted by molar-refractivity contribution is -0.112. The minimum absolute atomic E-state index is 0.260. The standard InChI is InChI=1S/C26H22Cl2N4O3.C26H24N4O3/c1-5-22(33)31-18-8-6-7-14(2)17(18)10-21-29-13-16-9-15(12-30-26(16)32-21)23-24(27)19(34-3)11-20(35-4)25(23)28;1-5-25(31)29-23-8-6-7-16(2)22(23)13-24-27-15-19-9-18(14-28-26(19)30-24)17-10-20(32-3)12-21(11-17)33-4/h5-9,11-13H,1,10H2,2-4H3,(H,31,33);5-12,14-15H,1,13H2,2-4H3,(H,29,31). The third-order valence-corrected chi connectivity index (χ3v) is 11.6. The van der Waals surface area contributed by atoms with Crippen LogP contribution in [0.1, 0.15) is 33.9 Å². The van der Waals surface area contributed by atoms with Gasteiger partial charge in [0.25, 0.3) is 0 Å². The number of carbonyl (C=O) groups is 2. The van der Waals surface area contributed by atoms with E-state index in [1.165, 1.54) is 26.4 Å². The van der Waals surface area contributed by atoms with Crippen LogP contribution >= 0.6 is 23.2 Å². The maximum absolute atomic E-state index is 11.8. The Hall–Kier alpha value is -7.94. The van der Waals surface area contributed by atoms with Crippen LogP contribution < -0.4 is 29.6 Å². The van der Waals surface area contributed by atoms with Crippen molar-refractivity contribution in [2.24, 2.45) is 0 Å². The third kappa shape index (κ3) is 10.8. The van der Waals surface area contributed by atoms with Gasteiger partial charge in [-0.05, 0) is 90.2 Å². The molecular formula is C52H46Cl2N8O6. The Bertz CT molecular complexity index is 3190. The third-order valence-electron chi connectivity index (χ3n) is 10.9. The monoisotopic (exact) mass is 948 g/mol. The van der Waals surface area contributed by atoms with Crippen LogP contribution in [-0.4, -0.2) is 70.2 Å². The zero-order valence-corrected chi connectivity index (χ0v) is 39.6. The smallest absolute Gasteiger partial charge is 0.247 e. The van der Waals surface area contributed by atoms with Gasteiger partial charge in [0.1, 0.15) is 34.6 Å². The molecule has 0 aliphatic carbocycles. The number of methoxy groups -OCH3 is 4. The van der Waals surface area contributed by atoms with E-state index in [-0.39, 0.29) is 11.8 Å². The number of nitrogens with one attached hydrogen (secondary N) is 2. The van der Waals surface area contributed by atoms with Crippen molar-refractivity contribution in [1.82, 2.24) is 29.9 Å². The maximum Gasteiger partial charge on any atom is 0.247 e. The van der Waals surface area contributed by atoms with Gasteiger partial charge in [-0.2, -0.15) is 0 Å². The molecule has 344 valence electrons. The molecule has 0 spiro atoms. The average Bonchev–Trinajstić information content (AvgIpc) is 3.35. The van der Waals surface area contributed by atoms with Crippen molar-refractivity contribution >= 4 is 68.5 Å². The molecule has 0 atom stereocenters. The Morgan fingerprint density at radius 3 is 1.47 bits per heavy atom. The molecule has 0 saturated heterocycles. The van der Waals surface area contributed by atoms with Crippen LogP contribution in [0.5, 0.6) is 23.0 Å². The van der Waals surface area contributed by atoms with Crippen LogP contribution in [0.2, 0.25) is 10.0 Å². The number of hydrogen-bond donors (Lipinski definition) is 2. The normalized spacial score (nSPS) is 10.7. The molecule has 0 aliphatic heterocycles. The van der Waals surface area contributed by atoms with Gasteiger partial charge in [-0.15, -0.1) is 0 Å². The zero-order valence-electron chi connectivity index (χ0n) is 38.1. The fraction of sp³-hybridized carbons (Fsp3) is 0.154. The number of anilines is 2. The van der Waals surface area contributed by atoms with E-state index in [0.29, 0.717) is 91.0 Å². The number of aromatic nitrogens is 6. The first-order chi connectivity index (χ1) is 32.9. The summed E-state index contributed by atoms with van der Waals surface area (Å²) >= 11 is 13.1. The summed E-state index contributed by atoms with van der Waals surface area (Å²) in [5.41, 5.74) is 9.50. The molecule has 8 rings (SSSR count). The molecule has 68 heavy (non-hydrogen) atoms. The lowest BCUT2D eigenvalue weighted by atomic mass is 10.0. The predicted molar refractivity (Wildman–Crippen MR) is 267 cm³/mol. The van der Waals surface area contributed by atoms with Crippen LogP contribution in [0.4, 0.5) is 11.4 Å². The van der Waals surface area contributed by atoms with Crippen molar-refractivity contribution in [3.8, 4) is 45.3 Å². The Kier molecular flexibility index (Phi) is 15.2. The Morgan fingerprint density at radius 2 is 1.03 bits per heavy atom. The fourth-order valence-corrected chi connectivity index (χ4v) is 8.01. The first-order valence-electron chi connectivity index (χ1n) is 21.0. The van der Waals surface area contributed by atoms with Crippen LogP contribution in [-0.2, 0) is 22.4 Å². The molecule has 8 aromatic rings. The molecule has 0 radical (unpaired) electrons. The average molecular weight is 950 g/mol. The van der Waals surface area contributed by atoms with Gasteiger partial charge in [-0.3, -0.25) is 9.59 Å². The summed E-state index contributed by atoms with van der Waals surface area (Å²) < 4.78 is 21.5. The Labute approximate surface area is 403 Å². The number of amides is 2. The molecule has 4 aromatic carbocycles. The molecule has 4 heterocycles. The van der Waals surface area contributed by atoms with Gasteiger partial charge >= 0.3 is 0 Å². The summed E-state index contributed by atoms with van der Waals surface area (Å²) in [5.74, 6) is 2.93. The minimum atomic E-state index is -0.281. The molecular weight excluding hydrogens is 904 g/mol. The number of rotatable bonds is 14. The lowest BCUT2D eigenvalue weighted by Gasteiger charge is -2.15. The van der Waals surface area contributed by atoms with Gasteiger partial charge in [0.2, 0.25) is 11.8 Å². The van der Waals surface area contributed by atoms with E-state index in [0.717, 1.165) is 44.5 Å². The number of carbonyl (C=O) groups excluding carboxylic acids is 2. The molecule has 0 unspecified atom stereocenters. The van der Waals surface area contributed by atoms with E-state index in [2.05, 4.69) is 53.7 Å². The summed E-state index contributed by atoms with van der Waals surface area (Å²) in [4.78, 5) is 51.1. The molecule has 2 N–H and O–H groups in total. The topological polar surface area (TPSA) is 172 Å². The number of halogens is 2. The van der Waals surface area contributed by atoms with Gasteiger partial charge in [0.15, 0.2) is 11.3 Å². The van der Waals surface area contributed by atoms with E-state index in [1.807, 2.05) is 80.6 Å². The van der Waals surface area contributed by atoms with Crippen molar-refractivity contribution in [2.45, 2.75) is 26.7 Å². The van der Waals surface area contributed by atoms with Gasteiger partial charge < -0.3 is 29.6 Å².